The predicted molar refractivity (Wildman–Crippen MR) is 109 cm³/mol. The first-order valence-corrected chi connectivity index (χ1v) is 9.38. The van der Waals surface area contributed by atoms with Crippen LogP contribution in [0.5, 0.6) is 5.75 Å². The standard InChI is InChI=1S/C22H26N2O4/c1-3-5-6-7-8-16-21(25)24(28-22(26)23-17-4-2)27-20-15-11-13-18-12-9-10-14-19(18)20/h4,8-16H,2-3,5-7,17H2,1H3,(H,23,26). The van der Waals surface area contributed by atoms with Gasteiger partial charge in [-0.15, -0.1) is 6.58 Å². The van der Waals surface area contributed by atoms with Crippen LogP contribution in [0.2, 0.25) is 0 Å². The van der Waals surface area contributed by atoms with Crippen LogP contribution in [0.15, 0.2) is 67.3 Å². The van der Waals surface area contributed by atoms with Crippen LogP contribution in [0, 0.1) is 0 Å². The zero-order chi connectivity index (χ0) is 20.2. The molecule has 6 nitrogen and oxygen atoms in total. The number of carbonyl (C=O) groups is 2. The zero-order valence-corrected chi connectivity index (χ0v) is 16.1. The molecule has 28 heavy (non-hydrogen) atoms. The molecule has 0 aromatic heterocycles. The highest BCUT2D eigenvalue weighted by Crippen LogP contribution is 2.26. The number of benzene rings is 2. The predicted octanol–water partition coefficient (Wildman–Crippen LogP) is 4.93. The molecule has 0 fully saturated rings. The lowest BCUT2D eigenvalue weighted by atomic mass is 10.1. The molecule has 2 aromatic rings. The number of hydrogen-bond acceptors (Lipinski definition) is 4. The van der Waals surface area contributed by atoms with E-state index in [9.17, 15) is 9.59 Å². The van der Waals surface area contributed by atoms with Crippen molar-refractivity contribution in [3.63, 3.8) is 0 Å². The summed E-state index contributed by atoms with van der Waals surface area (Å²) in [6.45, 7) is 5.85. The lowest BCUT2D eigenvalue weighted by Gasteiger charge is -2.20. The molecule has 0 saturated carbocycles. The normalized spacial score (nSPS) is 10.6. The van der Waals surface area contributed by atoms with Crippen molar-refractivity contribution in [1.29, 1.82) is 0 Å². The molecule has 2 aromatic carbocycles. The number of fused-ring (bicyclic) bond motifs is 1. The van der Waals surface area contributed by atoms with Gasteiger partial charge in [0.1, 0.15) is 0 Å². The Morgan fingerprint density at radius 1 is 1.14 bits per heavy atom. The van der Waals surface area contributed by atoms with Crippen LogP contribution in [-0.2, 0) is 9.63 Å². The fourth-order valence-electron chi connectivity index (χ4n) is 2.49. The van der Waals surface area contributed by atoms with Crippen LogP contribution in [0.1, 0.15) is 32.6 Å². The van der Waals surface area contributed by atoms with Crippen LogP contribution in [-0.4, -0.2) is 23.8 Å². The van der Waals surface area contributed by atoms with Gasteiger partial charge in [-0.05, 0) is 24.3 Å². The Hall–Kier alpha value is -3.28. The number of nitrogens with one attached hydrogen (secondary N) is 1. The topological polar surface area (TPSA) is 67.9 Å². The van der Waals surface area contributed by atoms with E-state index >= 15 is 0 Å². The molecule has 0 unspecified atom stereocenters. The molecule has 6 heteroatoms. The van der Waals surface area contributed by atoms with Crippen LogP contribution >= 0.6 is 0 Å². The second-order valence-electron chi connectivity index (χ2n) is 6.11. The van der Waals surface area contributed by atoms with Crippen molar-refractivity contribution in [2.75, 3.05) is 6.54 Å². The van der Waals surface area contributed by atoms with Gasteiger partial charge in [-0.25, -0.2) is 4.79 Å². The van der Waals surface area contributed by atoms with Gasteiger partial charge in [-0.2, -0.15) is 0 Å². The fraction of sp³-hybridized carbons (Fsp3) is 0.273. The molecular weight excluding hydrogens is 356 g/mol. The maximum atomic E-state index is 12.5. The molecule has 0 heterocycles. The Morgan fingerprint density at radius 3 is 2.71 bits per heavy atom. The van der Waals surface area contributed by atoms with Crippen molar-refractivity contribution >= 4 is 22.8 Å². The Labute approximate surface area is 165 Å². The third-order valence-electron chi connectivity index (χ3n) is 3.90. The molecule has 0 aliphatic heterocycles. The Kier molecular flexibility index (Phi) is 8.59. The molecule has 1 N–H and O–H groups in total. The Balaban J connectivity index is 2.15. The van der Waals surface area contributed by atoms with Crippen molar-refractivity contribution in [2.24, 2.45) is 0 Å². The third kappa shape index (κ3) is 6.46. The molecule has 0 aliphatic rings. The molecule has 0 spiro atoms. The summed E-state index contributed by atoms with van der Waals surface area (Å²) in [7, 11) is 0. The maximum absolute atomic E-state index is 12.5. The highest BCUT2D eigenvalue weighted by molar-refractivity contribution is 5.89. The van der Waals surface area contributed by atoms with E-state index in [1.165, 1.54) is 12.2 Å². The van der Waals surface area contributed by atoms with Gasteiger partial charge in [0, 0.05) is 23.2 Å². The lowest BCUT2D eigenvalue weighted by molar-refractivity contribution is -0.257. The van der Waals surface area contributed by atoms with E-state index in [4.69, 9.17) is 9.68 Å². The summed E-state index contributed by atoms with van der Waals surface area (Å²) in [5.41, 5.74) is 0. The molecule has 0 atom stereocenters. The minimum Gasteiger partial charge on any atom is -0.342 e. The highest BCUT2D eigenvalue weighted by atomic mass is 17.0. The number of unbranched alkanes of at least 4 members (excludes halogenated alkanes) is 3. The summed E-state index contributed by atoms with van der Waals surface area (Å²) in [6.07, 6.45) is 7.75. The first-order chi connectivity index (χ1) is 13.7. The average Bonchev–Trinajstić information content (AvgIpc) is 2.71. The van der Waals surface area contributed by atoms with E-state index in [0.717, 1.165) is 36.5 Å². The largest absolute Gasteiger partial charge is 0.434 e. The summed E-state index contributed by atoms with van der Waals surface area (Å²) in [5, 5.41) is 4.78. The molecular formula is C22H26N2O4. The molecule has 0 aliphatic carbocycles. The lowest BCUT2D eigenvalue weighted by Crippen LogP contribution is -2.39. The van der Waals surface area contributed by atoms with Crippen LogP contribution < -0.4 is 10.2 Å². The van der Waals surface area contributed by atoms with Gasteiger partial charge in [-0.3, -0.25) is 9.63 Å². The maximum Gasteiger partial charge on any atom is 0.434 e. The summed E-state index contributed by atoms with van der Waals surface area (Å²) < 4.78 is 0. The molecule has 0 bridgehead atoms. The fourth-order valence-corrected chi connectivity index (χ4v) is 2.49. The van der Waals surface area contributed by atoms with Gasteiger partial charge >= 0.3 is 12.0 Å². The van der Waals surface area contributed by atoms with E-state index in [1.807, 2.05) is 30.3 Å². The minimum absolute atomic E-state index is 0.210. The van der Waals surface area contributed by atoms with E-state index in [1.54, 1.807) is 18.2 Å². The minimum atomic E-state index is -0.812. The van der Waals surface area contributed by atoms with Crippen molar-refractivity contribution in [1.82, 2.24) is 10.5 Å². The molecule has 2 rings (SSSR count). The van der Waals surface area contributed by atoms with Crippen molar-refractivity contribution in [3.05, 3.63) is 67.3 Å². The molecule has 148 valence electrons. The number of hydroxylamine groups is 2. The number of allylic oxidation sites excluding steroid dienone is 1. The van der Waals surface area contributed by atoms with Gasteiger partial charge in [-0.1, -0.05) is 68.3 Å². The van der Waals surface area contributed by atoms with Gasteiger partial charge in [0.15, 0.2) is 5.75 Å². The van der Waals surface area contributed by atoms with Gasteiger partial charge in [0.05, 0.1) is 0 Å². The Morgan fingerprint density at radius 2 is 1.93 bits per heavy atom. The van der Waals surface area contributed by atoms with Crippen molar-refractivity contribution in [2.45, 2.75) is 32.6 Å². The second-order valence-corrected chi connectivity index (χ2v) is 6.11. The molecule has 0 saturated heterocycles. The van der Waals surface area contributed by atoms with E-state index in [2.05, 4.69) is 18.8 Å². The third-order valence-corrected chi connectivity index (χ3v) is 3.90. The highest BCUT2D eigenvalue weighted by Gasteiger charge is 2.20. The number of nitrogens with zero attached hydrogens (tertiary/aromatic N) is 1. The van der Waals surface area contributed by atoms with Crippen LogP contribution in [0.25, 0.3) is 10.8 Å². The van der Waals surface area contributed by atoms with E-state index in [-0.39, 0.29) is 6.54 Å². The quantitative estimate of drug-likeness (QED) is 0.289. The monoisotopic (exact) mass is 382 g/mol. The van der Waals surface area contributed by atoms with Gasteiger partial charge in [0.2, 0.25) is 0 Å². The SMILES string of the molecule is C=CCNC(=O)ON(Oc1cccc2ccccc12)C(=O)C=CCCCCC. The molecule has 0 radical (unpaired) electrons. The smallest absolute Gasteiger partial charge is 0.342 e. The zero-order valence-electron chi connectivity index (χ0n) is 16.1. The second kappa shape index (κ2) is 11.4. The van der Waals surface area contributed by atoms with Crippen LogP contribution in [0.3, 0.4) is 0 Å². The van der Waals surface area contributed by atoms with Crippen molar-refractivity contribution in [3.8, 4) is 5.75 Å². The number of carbonyl (C=O) groups excluding carboxylic acids is 2. The number of amides is 2. The molecule has 2 amide bonds. The Bertz CT molecular complexity index is 827. The van der Waals surface area contributed by atoms with Crippen LogP contribution in [0.4, 0.5) is 4.79 Å². The average molecular weight is 382 g/mol. The summed E-state index contributed by atoms with van der Waals surface area (Å²) in [5.74, 6) is -0.180. The first-order valence-electron chi connectivity index (χ1n) is 9.38. The van der Waals surface area contributed by atoms with Crippen molar-refractivity contribution < 1.29 is 19.3 Å². The van der Waals surface area contributed by atoms with E-state index in [0.29, 0.717) is 11.0 Å². The van der Waals surface area contributed by atoms with E-state index < -0.39 is 12.0 Å². The number of hydrogen-bond donors (Lipinski definition) is 1. The van der Waals surface area contributed by atoms with Gasteiger partial charge in [0.25, 0.3) is 0 Å². The summed E-state index contributed by atoms with van der Waals surface area (Å²) in [4.78, 5) is 35.1. The summed E-state index contributed by atoms with van der Waals surface area (Å²) >= 11 is 0. The first kappa shape index (κ1) is 21.0. The van der Waals surface area contributed by atoms with Gasteiger partial charge < -0.3 is 10.2 Å². The number of rotatable bonds is 9. The summed E-state index contributed by atoms with van der Waals surface area (Å²) in [6, 6.07) is 13.0.